The highest BCUT2D eigenvalue weighted by Gasteiger charge is 2.26. The number of carbonyl (C=O) groups is 1. The number of fused-ring (bicyclic) bond motifs is 1. The Labute approximate surface area is 106 Å². The Morgan fingerprint density at radius 1 is 1.28 bits per heavy atom. The van der Waals surface area contributed by atoms with Gasteiger partial charge >= 0.3 is 0 Å². The van der Waals surface area contributed by atoms with Gasteiger partial charge in [0.25, 0.3) is 0 Å². The molecular weight excluding hydrogens is 226 g/mol. The number of Topliss-reactive ketones (excluding diaryl/α,β-unsaturated/α-hetero) is 1. The molecular formula is C15H15NO2. The first-order valence-corrected chi connectivity index (χ1v) is 6.10. The summed E-state index contributed by atoms with van der Waals surface area (Å²) in [5.74, 6) is 0.540. The minimum Gasteiger partial charge on any atom is -0.461 e. The van der Waals surface area contributed by atoms with E-state index >= 15 is 0 Å². The van der Waals surface area contributed by atoms with Crippen LogP contribution in [0, 0.1) is 0 Å². The molecule has 1 aromatic carbocycles. The Kier molecular flexibility index (Phi) is 2.76. The number of nitrogens with zero attached hydrogens (tertiary/aromatic N) is 1. The molecule has 0 bridgehead atoms. The monoisotopic (exact) mass is 241 g/mol. The maximum Gasteiger partial charge on any atom is 0.195 e. The van der Waals surface area contributed by atoms with Crippen LogP contribution < -0.4 is 0 Å². The molecule has 0 atom stereocenters. The van der Waals surface area contributed by atoms with Crippen molar-refractivity contribution < 1.29 is 9.21 Å². The van der Waals surface area contributed by atoms with E-state index in [4.69, 9.17) is 4.42 Å². The van der Waals surface area contributed by atoms with Crippen molar-refractivity contribution >= 4 is 5.78 Å². The lowest BCUT2D eigenvalue weighted by molar-refractivity contribution is 0.0984. The molecule has 18 heavy (non-hydrogen) atoms. The third kappa shape index (κ3) is 1.97. The van der Waals surface area contributed by atoms with Crippen molar-refractivity contribution in [1.82, 2.24) is 4.90 Å². The predicted octanol–water partition coefficient (Wildman–Crippen LogP) is 3.00. The van der Waals surface area contributed by atoms with Gasteiger partial charge < -0.3 is 4.42 Å². The lowest BCUT2D eigenvalue weighted by atomic mass is 10.1. The van der Waals surface area contributed by atoms with Crippen LogP contribution in [0.4, 0.5) is 0 Å². The zero-order valence-electron chi connectivity index (χ0n) is 10.3. The standard InChI is InChI=1S/C15H15NO2/c1-11(17)15-14-9-16(8-13(14)10-18-15)7-12-5-3-2-4-6-12/h2-6,10H,7-9H2,1H3. The minimum atomic E-state index is 0.0119. The summed E-state index contributed by atoms with van der Waals surface area (Å²) in [7, 11) is 0. The molecule has 1 aromatic heterocycles. The Hall–Kier alpha value is -1.87. The number of hydrogen-bond donors (Lipinski definition) is 0. The molecule has 2 aromatic rings. The van der Waals surface area contributed by atoms with E-state index in [2.05, 4.69) is 29.2 Å². The molecule has 0 fully saturated rings. The average molecular weight is 241 g/mol. The second kappa shape index (κ2) is 4.42. The summed E-state index contributed by atoms with van der Waals surface area (Å²) in [6, 6.07) is 10.4. The maximum atomic E-state index is 11.4. The summed E-state index contributed by atoms with van der Waals surface area (Å²) in [5.41, 5.74) is 3.51. The van der Waals surface area contributed by atoms with Gasteiger partial charge in [-0.3, -0.25) is 9.69 Å². The molecule has 0 unspecified atom stereocenters. The quantitative estimate of drug-likeness (QED) is 0.774. The molecule has 3 rings (SSSR count). The van der Waals surface area contributed by atoms with Crippen molar-refractivity contribution in [2.45, 2.75) is 26.6 Å². The van der Waals surface area contributed by atoms with Gasteiger partial charge in [0.05, 0.1) is 6.26 Å². The molecule has 1 aliphatic rings. The van der Waals surface area contributed by atoms with Crippen LogP contribution in [0.15, 0.2) is 41.0 Å². The van der Waals surface area contributed by atoms with E-state index in [1.54, 1.807) is 13.2 Å². The summed E-state index contributed by atoms with van der Waals surface area (Å²) in [6.45, 7) is 4.13. The number of rotatable bonds is 3. The van der Waals surface area contributed by atoms with Crippen LogP contribution in [0.2, 0.25) is 0 Å². The molecule has 0 radical (unpaired) electrons. The van der Waals surface area contributed by atoms with E-state index in [0.29, 0.717) is 5.76 Å². The molecule has 2 heterocycles. The molecule has 1 aliphatic heterocycles. The van der Waals surface area contributed by atoms with E-state index < -0.39 is 0 Å². The largest absolute Gasteiger partial charge is 0.461 e. The average Bonchev–Trinajstić information content (AvgIpc) is 2.89. The second-order valence-corrected chi connectivity index (χ2v) is 4.76. The molecule has 0 spiro atoms. The number of carbonyl (C=O) groups excluding carboxylic acids is 1. The van der Waals surface area contributed by atoms with Gasteiger partial charge in [0.15, 0.2) is 11.5 Å². The molecule has 3 heteroatoms. The van der Waals surface area contributed by atoms with Crippen LogP contribution >= 0.6 is 0 Å². The van der Waals surface area contributed by atoms with Crippen LogP contribution in [0.3, 0.4) is 0 Å². The van der Waals surface area contributed by atoms with Gasteiger partial charge in [0, 0.05) is 37.7 Å². The number of benzene rings is 1. The van der Waals surface area contributed by atoms with Crippen molar-refractivity contribution in [3.8, 4) is 0 Å². The van der Waals surface area contributed by atoms with Crippen molar-refractivity contribution in [2.75, 3.05) is 0 Å². The van der Waals surface area contributed by atoms with Gasteiger partial charge in [-0.2, -0.15) is 0 Å². The van der Waals surface area contributed by atoms with Gasteiger partial charge in [-0.05, 0) is 5.56 Å². The van der Waals surface area contributed by atoms with Crippen LogP contribution in [0.25, 0.3) is 0 Å². The van der Waals surface area contributed by atoms with Gasteiger partial charge in [-0.15, -0.1) is 0 Å². The summed E-state index contributed by atoms with van der Waals surface area (Å²) >= 11 is 0. The Balaban J connectivity index is 1.75. The highest BCUT2D eigenvalue weighted by Crippen LogP contribution is 2.29. The van der Waals surface area contributed by atoms with E-state index in [9.17, 15) is 4.79 Å². The Morgan fingerprint density at radius 3 is 2.78 bits per heavy atom. The van der Waals surface area contributed by atoms with Crippen LogP contribution in [-0.2, 0) is 19.6 Å². The molecule has 0 saturated heterocycles. The summed E-state index contributed by atoms with van der Waals surface area (Å²) in [6.07, 6.45) is 1.72. The highest BCUT2D eigenvalue weighted by atomic mass is 16.3. The summed E-state index contributed by atoms with van der Waals surface area (Å²) in [4.78, 5) is 13.7. The maximum absolute atomic E-state index is 11.4. The predicted molar refractivity (Wildman–Crippen MR) is 68.1 cm³/mol. The zero-order valence-corrected chi connectivity index (χ0v) is 10.3. The van der Waals surface area contributed by atoms with E-state index in [1.807, 2.05) is 6.07 Å². The lowest BCUT2D eigenvalue weighted by Crippen LogP contribution is -2.16. The van der Waals surface area contributed by atoms with E-state index in [0.717, 1.165) is 30.8 Å². The lowest BCUT2D eigenvalue weighted by Gasteiger charge is -2.15. The number of ketones is 1. The first kappa shape index (κ1) is 11.2. The zero-order chi connectivity index (χ0) is 12.5. The van der Waals surface area contributed by atoms with Crippen molar-refractivity contribution in [1.29, 1.82) is 0 Å². The highest BCUT2D eigenvalue weighted by molar-refractivity contribution is 5.93. The first-order valence-electron chi connectivity index (χ1n) is 6.10. The van der Waals surface area contributed by atoms with Crippen molar-refractivity contribution in [2.24, 2.45) is 0 Å². The van der Waals surface area contributed by atoms with Gasteiger partial charge in [-0.1, -0.05) is 30.3 Å². The second-order valence-electron chi connectivity index (χ2n) is 4.76. The van der Waals surface area contributed by atoms with Gasteiger partial charge in [-0.25, -0.2) is 0 Å². The Bertz CT molecular complexity index is 571. The molecule has 3 nitrogen and oxygen atoms in total. The molecule has 0 amide bonds. The summed E-state index contributed by atoms with van der Waals surface area (Å²) in [5, 5.41) is 0. The fraction of sp³-hybridized carbons (Fsp3) is 0.267. The smallest absolute Gasteiger partial charge is 0.195 e. The fourth-order valence-electron chi connectivity index (χ4n) is 2.49. The SMILES string of the molecule is CC(=O)c1occ2c1CN(Cc1ccccc1)C2. The molecule has 92 valence electrons. The number of furan rings is 1. The molecule has 0 saturated carbocycles. The summed E-state index contributed by atoms with van der Waals surface area (Å²) < 4.78 is 5.32. The van der Waals surface area contributed by atoms with Crippen LogP contribution in [-0.4, -0.2) is 10.7 Å². The normalized spacial score (nSPS) is 14.7. The van der Waals surface area contributed by atoms with Gasteiger partial charge in [0.1, 0.15) is 0 Å². The van der Waals surface area contributed by atoms with Crippen LogP contribution in [0.1, 0.15) is 34.2 Å². The number of hydrogen-bond acceptors (Lipinski definition) is 3. The van der Waals surface area contributed by atoms with Gasteiger partial charge in [0.2, 0.25) is 0 Å². The first-order chi connectivity index (χ1) is 8.74. The fourth-order valence-corrected chi connectivity index (χ4v) is 2.49. The topological polar surface area (TPSA) is 33.5 Å². The third-order valence-electron chi connectivity index (χ3n) is 3.33. The third-order valence-corrected chi connectivity index (χ3v) is 3.33. The Morgan fingerprint density at radius 2 is 2.06 bits per heavy atom. The van der Waals surface area contributed by atoms with E-state index in [-0.39, 0.29) is 5.78 Å². The van der Waals surface area contributed by atoms with Crippen LogP contribution in [0.5, 0.6) is 0 Å². The van der Waals surface area contributed by atoms with Crippen molar-refractivity contribution in [3.05, 3.63) is 59.0 Å². The van der Waals surface area contributed by atoms with Crippen molar-refractivity contribution in [3.63, 3.8) is 0 Å². The minimum absolute atomic E-state index is 0.0119. The molecule has 0 N–H and O–H groups in total. The molecule has 0 aliphatic carbocycles. The van der Waals surface area contributed by atoms with E-state index in [1.165, 1.54) is 5.56 Å².